The van der Waals surface area contributed by atoms with Crippen LogP contribution in [-0.4, -0.2) is 54.2 Å². The van der Waals surface area contributed by atoms with Gasteiger partial charge >= 0.3 is 0 Å². The Kier molecular flexibility index (Phi) is 6.96. The van der Waals surface area contributed by atoms with Crippen LogP contribution in [0.3, 0.4) is 0 Å². The van der Waals surface area contributed by atoms with Crippen molar-refractivity contribution in [2.24, 2.45) is 10.1 Å². The second kappa shape index (κ2) is 10.9. The van der Waals surface area contributed by atoms with Gasteiger partial charge < -0.3 is 5.73 Å². The van der Waals surface area contributed by atoms with E-state index in [-0.39, 0.29) is 0 Å². The van der Waals surface area contributed by atoms with Crippen LogP contribution >= 0.6 is 0 Å². The number of aromatic nitrogens is 4. The van der Waals surface area contributed by atoms with Gasteiger partial charge in [0.25, 0.3) is 0 Å². The molecule has 4 aromatic rings. The summed E-state index contributed by atoms with van der Waals surface area (Å²) in [7, 11) is 0. The lowest BCUT2D eigenvalue weighted by atomic mass is 9.95. The number of piperidine rings is 1. The Bertz CT molecular complexity index is 1620. The average molecular weight is 532 g/mol. The lowest BCUT2D eigenvalue weighted by molar-refractivity contribution is 0.175. The number of hydrazone groups is 1. The van der Waals surface area contributed by atoms with Crippen LogP contribution < -0.4 is 5.73 Å². The average Bonchev–Trinajstić information content (AvgIpc) is 3.41. The van der Waals surface area contributed by atoms with Crippen molar-refractivity contribution < 1.29 is 0 Å². The molecule has 2 aromatic carbocycles. The van der Waals surface area contributed by atoms with Crippen molar-refractivity contribution in [1.29, 1.82) is 0 Å². The van der Waals surface area contributed by atoms with Crippen molar-refractivity contribution in [2.45, 2.75) is 39.3 Å². The van der Waals surface area contributed by atoms with E-state index < -0.39 is 0 Å². The van der Waals surface area contributed by atoms with Crippen LogP contribution in [0.1, 0.15) is 49.4 Å². The van der Waals surface area contributed by atoms with Crippen LogP contribution in [0.4, 0.5) is 5.82 Å². The van der Waals surface area contributed by atoms with Gasteiger partial charge in [-0.2, -0.15) is 10.2 Å². The highest BCUT2D eigenvalue weighted by molar-refractivity contribution is 6.32. The van der Waals surface area contributed by atoms with Gasteiger partial charge in [-0.05, 0) is 37.8 Å². The Balaban J connectivity index is 1.15. The molecule has 0 bridgehead atoms. The number of hydrogen-bond donors (Lipinski definition) is 1. The van der Waals surface area contributed by atoms with Crippen molar-refractivity contribution >= 4 is 33.8 Å². The molecule has 2 aliphatic rings. The normalized spacial score (nSPS) is 16.6. The lowest BCUT2D eigenvalue weighted by Crippen LogP contribution is -2.34. The minimum Gasteiger partial charge on any atom is -0.383 e. The fourth-order valence-electron chi connectivity index (χ4n) is 5.35. The van der Waals surface area contributed by atoms with Gasteiger partial charge in [-0.15, -0.1) is 0 Å². The fraction of sp³-hybridized carbons (Fsp3) is 0.258. The summed E-state index contributed by atoms with van der Waals surface area (Å²) >= 11 is 0. The quantitative estimate of drug-likeness (QED) is 0.341. The van der Waals surface area contributed by atoms with Crippen LogP contribution in [0.2, 0.25) is 0 Å². The highest BCUT2D eigenvalue weighted by Gasteiger charge is 2.24. The molecule has 9 nitrogen and oxygen atoms in total. The first kappa shape index (κ1) is 25.6. The predicted molar refractivity (Wildman–Crippen MR) is 160 cm³/mol. The van der Waals surface area contributed by atoms with E-state index in [4.69, 9.17) is 10.7 Å². The molecule has 9 heteroatoms. The summed E-state index contributed by atoms with van der Waals surface area (Å²) in [6.07, 6.45) is 7.34. The van der Waals surface area contributed by atoms with E-state index in [0.29, 0.717) is 17.7 Å². The van der Waals surface area contributed by atoms with Crippen molar-refractivity contribution in [2.75, 3.05) is 18.8 Å². The Morgan fingerprint density at radius 3 is 2.48 bits per heavy atom. The molecule has 40 heavy (non-hydrogen) atoms. The minimum atomic E-state index is 0.312. The Labute approximate surface area is 234 Å². The summed E-state index contributed by atoms with van der Waals surface area (Å²) in [5.41, 5.74) is 13.1. The van der Waals surface area contributed by atoms with E-state index in [9.17, 15) is 0 Å². The number of nitrogens with zero attached hydrogens (tertiary/aromatic N) is 8. The molecule has 2 N–H and O–H groups in total. The zero-order valence-electron chi connectivity index (χ0n) is 22.9. The Hall–Kier alpha value is -4.63. The van der Waals surface area contributed by atoms with E-state index >= 15 is 0 Å². The van der Waals surface area contributed by atoms with Crippen molar-refractivity contribution in [3.05, 3.63) is 102 Å². The highest BCUT2D eigenvalue weighted by atomic mass is 15.5. The maximum absolute atomic E-state index is 6.00. The highest BCUT2D eigenvalue weighted by Crippen LogP contribution is 2.30. The minimum absolute atomic E-state index is 0.312. The molecule has 0 saturated carbocycles. The van der Waals surface area contributed by atoms with Crippen LogP contribution in [0.25, 0.3) is 16.6 Å². The van der Waals surface area contributed by atoms with Crippen LogP contribution in [0, 0.1) is 0 Å². The molecule has 0 radical (unpaired) electrons. The first-order valence-corrected chi connectivity index (χ1v) is 13.6. The van der Waals surface area contributed by atoms with E-state index in [1.807, 2.05) is 42.9 Å². The molecule has 0 aliphatic carbocycles. The molecule has 2 aromatic heterocycles. The van der Waals surface area contributed by atoms with E-state index in [0.717, 1.165) is 71.6 Å². The molecule has 0 unspecified atom stereocenters. The third-order valence-electron chi connectivity index (χ3n) is 7.36. The first-order chi connectivity index (χ1) is 19.5. The smallest absolute Gasteiger partial charge is 0.163 e. The lowest BCUT2D eigenvalue weighted by Gasteiger charge is -2.32. The summed E-state index contributed by atoms with van der Waals surface area (Å²) in [5.74, 6) is 1.08. The van der Waals surface area contributed by atoms with E-state index in [1.165, 1.54) is 11.9 Å². The SMILES string of the molecule is C=C1N=C(c2ccc(CN3CCC(n4ncc5c(N)ncnc54)CC3)cc2)C(c2ccccc2)=CN1N=C(C)C. The number of fused-ring (bicyclic) bond motifs is 1. The molecular formula is C31H33N9. The van der Waals surface area contributed by atoms with Gasteiger partial charge in [-0.25, -0.2) is 24.7 Å². The summed E-state index contributed by atoms with van der Waals surface area (Å²) in [6, 6.07) is 19.3. The Morgan fingerprint density at radius 2 is 1.75 bits per heavy atom. The van der Waals surface area contributed by atoms with Gasteiger partial charge in [-0.3, -0.25) is 4.90 Å². The number of aliphatic imine (C=N–C) groups is 1. The molecule has 0 spiro atoms. The van der Waals surface area contributed by atoms with Gasteiger partial charge in [0.05, 0.1) is 23.3 Å². The summed E-state index contributed by atoms with van der Waals surface area (Å²) in [6.45, 7) is 11.0. The number of anilines is 1. The second-order valence-corrected chi connectivity index (χ2v) is 10.5. The molecule has 0 atom stereocenters. The molecule has 4 heterocycles. The molecule has 1 saturated heterocycles. The van der Waals surface area contributed by atoms with Crippen LogP contribution in [0.5, 0.6) is 0 Å². The molecule has 0 amide bonds. The number of hydrogen-bond acceptors (Lipinski definition) is 8. The zero-order chi connectivity index (χ0) is 27.6. The van der Waals surface area contributed by atoms with Crippen LogP contribution in [0.15, 0.2) is 95.8 Å². The summed E-state index contributed by atoms with van der Waals surface area (Å²) in [4.78, 5) is 15.9. The molecule has 2 aliphatic heterocycles. The standard InChI is InChI=1S/C31H33N9/c1-21(2)37-39-19-28(24-7-5-4-6-8-24)29(36-22(39)3)25-11-9-23(10-12-25)18-38-15-13-26(14-16-38)40-31-27(17-35-40)30(32)33-20-34-31/h4-12,17,19-20,26H,3,13-16,18H2,1-2H3,(H2,32,33,34). The largest absolute Gasteiger partial charge is 0.383 e. The first-order valence-electron chi connectivity index (χ1n) is 13.6. The molecule has 6 rings (SSSR count). The van der Waals surface area contributed by atoms with Crippen molar-refractivity contribution in [1.82, 2.24) is 29.7 Å². The number of allylic oxidation sites excluding steroid dienone is 1. The third kappa shape index (κ3) is 5.15. The number of likely N-dealkylation sites (tertiary alicyclic amines) is 1. The number of rotatable bonds is 6. The maximum Gasteiger partial charge on any atom is 0.163 e. The summed E-state index contributed by atoms with van der Waals surface area (Å²) in [5, 5.41) is 11.7. The number of nitrogen functional groups attached to an aromatic ring is 1. The van der Waals surface area contributed by atoms with Gasteiger partial charge in [0.2, 0.25) is 0 Å². The summed E-state index contributed by atoms with van der Waals surface area (Å²) < 4.78 is 2.02. The number of nitrogens with two attached hydrogens (primary N) is 1. The topological polar surface area (TPSA) is 101 Å². The Morgan fingerprint density at radius 1 is 1.00 bits per heavy atom. The van der Waals surface area contributed by atoms with Crippen molar-refractivity contribution in [3.63, 3.8) is 0 Å². The van der Waals surface area contributed by atoms with Gasteiger partial charge in [0.1, 0.15) is 18.0 Å². The molecule has 1 fully saturated rings. The molecular weight excluding hydrogens is 498 g/mol. The number of benzene rings is 2. The van der Waals surface area contributed by atoms with Crippen molar-refractivity contribution in [3.8, 4) is 0 Å². The maximum atomic E-state index is 6.00. The third-order valence-corrected chi connectivity index (χ3v) is 7.36. The van der Waals surface area contributed by atoms with E-state index in [2.05, 4.69) is 68.0 Å². The van der Waals surface area contributed by atoms with Gasteiger partial charge in [-0.1, -0.05) is 61.2 Å². The van der Waals surface area contributed by atoms with Gasteiger partial charge in [0.15, 0.2) is 5.65 Å². The molecule has 202 valence electrons. The van der Waals surface area contributed by atoms with E-state index in [1.54, 1.807) is 11.2 Å². The monoisotopic (exact) mass is 531 g/mol. The fourth-order valence-corrected chi connectivity index (χ4v) is 5.35. The predicted octanol–water partition coefficient (Wildman–Crippen LogP) is 5.26. The van der Waals surface area contributed by atoms with Gasteiger partial charge in [0, 0.05) is 42.7 Å². The zero-order valence-corrected chi connectivity index (χ0v) is 22.9. The second-order valence-electron chi connectivity index (χ2n) is 10.5. The van der Waals surface area contributed by atoms with Crippen LogP contribution in [-0.2, 0) is 6.54 Å².